The molecule has 0 aromatic heterocycles. The third-order valence-electron chi connectivity index (χ3n) is 2.51. The van der Waals surface area contributed by atoms with E-state index in [1.807, 2.05) is 0 Å². The quantitative estimate of drug-likeness (QED) is 0.389. The summed E-state index contributed by atoms with van der Waals surface area (Å²) >= 11 is 0. The SMILES string of the molecule is CCCCCCCCCC(O)NC(C)O. The standard InChI is InChI=1S/C12H27NO2/c1-3-4-5-6-7-8-9-10-12(15)13-11(2)14/h11-15H,3-10H2,1-2H3. The second-order valence-electron chi connectivity index (χ2n) is 4.27. The Hall–Kier alpha value is -0.120. The molecule has 15 heavy (non-hydrogen) atoms. The minimum atomic E-state index is -0.621. The minimum Gasteiger partial charge on any atom is -0.379 e. The summed E-state index contributed by atoms with van der Waals surface area (Å²) in [5.74, 6) is 0. The van der Waals surface area contributed by atoms with Crippen molar-refractivity contribution in [2.45, 2.75) is 77.7 Å². The van der Waals surface area contributed by atoms with Crippen molar-refractivity contribution in [2.75, 3.05) is 0 Å². The Morgan fingerprint density at radius 3 is 2.00 bits per heavy atom. The number of nitrogens with one attached hydrogen (secondary N) is 1. The summed E-state index contributed by atoms with van der Waals surface area (Å²) in [6, 6.07) is 0. The number of hydrogen-bond acceptors (Lipinski definition) is 3. The van der Waals surface area contributed by atoms with E-state index in [1.54, 1.807) is 6.92 Å². The van der Waals surface area contributed by atoms with Gasteiger partial charge in [-0.15, -0.1) is 0 Å². The lowest BCUT2D eigenvalue weighted by Gasteiger charge is -2.14. The number of rotatable bonds is 10. The van der Waals surface area contributed by atoms with Crippen LogP contribution >= 0.6 is 0 Å². The van der Waals surface area contributed by atoms with Crippen molar-refractivity contribution in [3.63, 3.8) is 0 Å². The molecule has 0 spiro atoms. The predicted molar refractivity (Wildman–Crippen MR) is 63.4 cm³/mol. The van der Waals surface area contributed by atoms with Crippen molar-refractivity contribution >= 4 is 0 Å². The topological polar surface area (TPSA) is 52.5 Å². The molecule has 3 heteroatoms. The monoisotopic (exact) mass is 217 g/mol. The molecule has 0 saturated heterocycles. The first-order valence-electron chi connectivity index (χ1n) is 6.29. The molecule has 0 bridgehead atoms. The second kappa shape index (κ2) is 10.4. The molecule has 92 valence electrons. The highest BCUT2D eigenvalue weighted by Crippen LogP contribution is 2.09. The van der Waals surface area contributed by atoms with Crippen LogP contribution in [0.1, 0.15) is 65.2 Å². The number of unbranched alkanes of at least 4 members (excludes halogenated alkanes) is 6. The molecule has 0 aromatic carbocycles. The van der Waals surface area contributed by atoms with Crippen molar-refractivity contribution in [1.29, 1.82) is 0 Å². The minimum absolute atomic E-state index is 0.555. The molecule has 0 amide bonds. The molecule has 0 heterocycles. The molecule has 0 saturated carbocycles. The van der Waals surface area contributed by atoms with Gasteiger partial charge in [0, 0.05) is 0 Å². The fourth-order valence-electron chi connectivity index (χ4n) is 1.66. The van der Waals surface area contributed by atoms with Gasteiger partial charge in [0.05, 0.1) is 0 Å². The van der Waals surface area contributed by atoms with Crippen LogP contribution in [0.15, 0.2) is 0 Å². The van der Waals surface area contributed by atoms with E-state index in [9.17, 15) is 5.11 Å². The summed E-state index contributed by atoms with van der Waals surface area (Å²) in [5.41, 5.74) is 0. The molecule has 0 fully saturated rings. The molecule has 0 rings (SSSR count). The summed E-state index contributed by atoms with van der Waals surface area (Å²) in [5, 5.41) is 21.0. The highest BCUT2D eigenvalue weighted by Gasteiger charge is 2.04. The van der Waals surface area contributed by atoms with Crippen LogP contribution in [0, 0.1) is 0 Å². The Morgan fingerprint density at radius 2 is 1.47 bits per heavy atom. The van der Waals surface area contributed by atoms with Gasteiger partial charge in [0.2, 0.25) is 0 Å². The summed E-state index contributed by atoms with van der Waals surface area (Å²) in [7, 11) is 0. The molecule has 3 nitrogen and oxygen atoms in total. The van der Waals surface area contributed by atoms with Crippen LogP contribution < -0.4 is 5.32 Å². The molecule has 0 aromatic rings. The Kier molecular flexibility index (Phi) is 10.3. The van der Waals surface area contributed by atoms with E-state index >= 15 is 0 Å². The van der Waals surface area contributed by atoms with Gasteiger partial charge in [-0.05, 0) is 19.8 Å². The molecule has 0 radical (unpaired) electrons. The molecular weight excluding hydrogens is 190 g/mol. The van der Waals surface area contributed by atoms with Crippen LogP contribution in [-0.4, -0.2) is 22.7 Å². The largest absolute Gasteiger partial charge is 0.379 e. The lowest BCUT2D eigenvalue weighted by Crippen LogP contribution is -2.35. The summed E-state index contributed by atoms with van der Waals surface area (Å²) < 4.78 is 0. The zero-order valence-electron chi connectivity index (χ0n) is 10.2. The predicted octanol–water partition coefficient (Wildman–Crippen LogP) is 2.37. The molecule has 0 aliphatic carbocycles. The van der Waals surface area contributed by atoms with Crippen molar-refractivity contribution in [1.82, 2.24) is 5.32 Å². The summed E-state index contributed by atoms with van der Waals surface area (Å²) in [6.07, 6.45) is 8.32. The van der Waals surface area contributed by atoms with E-state index in [1.165, 1.54) is 38.5 Å². The molecule has 3 N–H and O–H groups in total. The summed E-state index contributed by atoms with van der Waals surface area (Å²) in [4.78, 5) is 0. The van der Waals surface area contributed by atoms with E-state index in [2.05, 4.69) is 12.2 Å². The van der Waals surface area contributed by atoms with Crippen LogP contribution in [-0.2, 0) is 0 Å². The van der Waals surface area contributed by atoms with Gasteiger partial charge in [0.25, 0.3) is 0 Å². The van der Waals surface area contributed by atoms with Crippen LogP contribution in [0.5, 0.6) is 0 Å². The van der Waals surface area contributed by atoms with Crippen molar-refractivity contribution in [3.05, 3.63) is 0 Å². The molecule has 0 aliphatic heterocycles. The van der Waals surface area contributed by atoms with E-state index in [4.69, 9.17) is 5.11 Å². The van der Waals surface area contributed by atoms with Gasteiger partial charge >= 0.3 is 0 Å². The smallest absolute Gasteiger partial charge is 0.106 e. The fourth-order valence-corrected chi connectivity index (χ4v) is 1.66. The zero-order chi connectivity index (χ0) is 11.5. The molecular formula is C12H27NO2. The zero-order valence-corrected chi connectivity index (χ0v) is 10.2. The lowest BCUT2D eigenvalue weighted by molar-refractivity contribution is 0.0459. The molecule has 0 aliphatic rings. The second-order valence-corrected chi connectivity index (χ2v) is 4.27. The van der Waals surface area contributed by atoms with Gasteiger partial charge in [-0.1, -0.05) is 45.4 Å². The maximum absolute atomic E-state index is 9.39. The fraction of sp³-hybridized carbons (Fsp3) is 1.00. The van der Waals surface area contributed by atoms with E-state index < -0.39 is 12.5 Å². The number of hydrogen-bond donors (Lipinski definition) is 3. The van der Waals surface area contributed by atoms with Gasteiger partial charge in [0.15, 0.2) is 0 Å². The number of aliphatic hydroxyl groups excluding tert-OH is 2. The van der Waals surface area contributed by atoms with Crippen LogP contribution in [0.2, 0.25) is 0 Å². The molecule has 2 atom stereocenters. The van der Waals surface area contributed by atoms with Crippen LogP contribution in [0.4, 0.5) is 0 Å². The Balaban J connectivity index is 3.09. The Bertz CT molecular complexity index is 129. The molecule has 2 unspecified atom stereocenters. The lowest BCUT2D eigenvalue weighted by atomic mass is 10.1. The highest BCUT2D eigenvalue weighted by atomic mass is 16.3. The first kappa shape index (κ1) is 14.9. The highest BCUT2D eigenvalue weighted by molar-refractivity contribution is 4.54. The Labute approximate surface area is 93.9 Å². The maximum Gasteiger partial charge on any atom is 0.106 e. The first-order valence-corrected chi connectivity index (χ1v) is 6.29. The van der Waals surface area contributed by atoms with Crippen molar-refractivity contribution in [2.24, 2.45) is 0 Å². The van der Waals surface area contributed by atoms with Gasteiger partial charge in [-0.3, -0.25) is 5.32 Å². The first-order chi connectivity index (χ1) is 7.16. The van der Waals surface area contributed by atoms with E-state index in [-0.39, 0.29) is 0 Å². The average Bonchev–Trinajstić information content (AvgIpc) is 2.15. The number of aliphatic hydroxyl groups is 2. The summed E-state index contributed by atoms with van der Waals surface area (Å²) in [6.45, 7) is 3.84. The van der Waals surface area contributed by atoms with Crippen LogP contribution in [0.3, 0.4) is 0 Å². The van der Waals surface area contributed by atoms with Crippen molar-refractivity contribution in [3.8, 4) is 0 Å². The van der Waals surface area contributed by atoms with E-state index in [0.717, 1.165) is 12.8 Å². The average molecular weight is 217 g/mol. The van der Waals surface area contributed by atoms with Crippen molar-refractivity contribution < 1.29 is 10.2 Å². The Morgan fingerprint density at radius 1 is 0.933 bits per heavy atom. The third kappa shape index (κ3) is 11.8. The normalized spacial score (nSPS) is 15.2. The third-order valence-corrected chi connectivity index (χ3v) is 2.51. The van der Waals surface area contributed by atoms with Crippen LogP contribution in [0.25, 0.3) is 0 Å². The van der Waals surface area contributed by atoms with Gasteiger partial charge in [0.1, 0.15) is 12.5 Å². The maximum atomic E-state index is 9.39. The van der Waals surface area contributed by atoms with Gasteiger partial charge in [-0.2, -0.15) is 0 Å². The van der Waals surface area contributed by atoms with Gasteiger partial charge in [-0.25, -0.2) is 0 Å². The van der Waals surface area contributed by atoms with E-state index in [0.29, 0.717) is 0 Å². The van der Waals surface area contributed by atoms with Gasteiger partial charge < -0.3 is 10.2 Å².